The molecule has 1 atom stereocenters. The highest BCUT2D eigenvalue weighted by molar-refractivity contribution is 7.91. The molecule has 0 aliphatic carbocycles. The smallest absolute Gasteiger partial charge is 0.231 e. The fourth-order valence-electron chi connectivity index (χ4n) is 2.39. The number of benzene rings is 1. The van der Waals surface area contributed by atoms with Crippen LogP contribution in [0.5, 0.6) is 11.5 Å². The molecule has 1 aromatic carbocycles. The van der Waals surface area contributed by atoms with Crippen LogP contribution in [-0.4, -0.2) is 33.8 Å². The molecule has 5 nitrogen and oxygen atoms in total. The van der Waals surface area contributed by atoms with Gasteiger partial charge in [0.05, 0.1) is 11.5 Å². The van der Waals surface area contributed by atoms with E-state index in [9.17, 15) is 8.42 Å². The predicted octanol–water partition coefficient (Wildman–Crippen LogP) is 2.28. The maximum atomic E-state index is 12.2. The molecule has 21 heavy (non-hydrogen) atoms. The van der Waals surface area contributed by atoms with Crippen molar-refractivity contribution in [3.63, 3.8) is 0 Å². The molecule has 0 fully saturated rings. The Morgan fingerprint density at radius 3 is 2.71 bits per heavy atom. The Bertz CT molecular complexity index is 571. The average Bonchev–Trinajstić information content (AvgIpc) is 2.92. The van der Waals surface area contributed by atoms with Gasteiger partial charge in [-0.3, -0.25) is 0 Å². The van der Waals surface area contributed by atoms with Crippen molar-refractivity contribution in [3.05, 3.63) is 23.8 Å². The molecule has 2 rings (SSSR count). The van der Waals surface area contributed by atoms with Crippen LogP contribution in [0.15, 0.2) is 18.2 Å². The lowest BCUT2D eigenvalue weighted by Crippen LogP contribution is -2.26. The molecule has 1 N–H and O–H groups in total. The van der Waals surface area contributed by atoms with Crippen molar-refractivity contribution in [2.24, 2.45) is 0 Å². The van der Waals surface area contributed by atoms with Crippen LogP contribution in [0.4, 0.5) is 0 Å². The summed E-state index contributed by atoms with van der Waals surface area (Å²) in [4.78, 5) is 0. The van der Waals surface area contributed by atoms with Crippen molar-refractivity contribution < 1.29 is 17.9 Å². The molecule has 0 saturated carbocycles. The summed E-state index contributed by atoms with van der Waals surface area (Å²) in [6.45, 7) is 2.29. The summed E-state index contributed by atoms with van der Waals surface area (Å²) in [5.74, 6) is 1.74. The fourth-order valence-corrected chi connectivity index (χ4v) is 4.06. The van der Waals surface area contributed by atoms with Gasteiger partial charge in [-0.1, -0.05) is 25.8 Å². The molecule has 0 saturated heterocycles. The summed E-state index contributed by atoms with van der Waals surface area (Å²) in [5, 5.41) is 3.08. The van der Waals surface area contributed by atoms with Crippen molar-refractivity contribution in [1.82, 2.24) is 5.32 Å². The zero-order valence-corrected chi connectivity index (χ0v) is 13.4. The Morgan fingerprint density at radius 1 is 1.24 bits per heavy atom. The van der Waals surface area contributed by atoms with Crippen LogP contribution in [0, 0.1) is 0 Å². The quantitative estimate of drug-likeness (QED) is 0.746. The van der Waals surface area contributed by atoms with Gasteiger partial charge < -0.3 is 14.8 Å². The standard InChI is InChI=1S/C15H23NO4S/c1-3-4-5-8-21(17,18)10-13(16-2)12-6-7-14-15(9-12)20-11-19-14/h6-7,9,13,16H,3-5,8,10-11H2,1-2H3. The Labute approximate surface area is 126 Å². The van der Waals surface area contributed by atoms with E-state index in [1.165, 1.54) is 0 Å². The molecule has 6 heteroatoms. The highest BCUT2D eigenvalue weighted by atomic mass is 32.2. The van der Waals surface area contributed by atoms with Gasteiger partial charge in [-0.15, -0.1) is 0 Å². The van der Waals surface area contributed by atoms with Crippen LogP contribution in [0.1, 0.15) is 37.8 Å². The molecule has 0 aromatic heterocycles. The number of fused-ring (bicyclic) bond motifs is 1. The first-order valence-corrected chi connectivity index (χ1v) is 9.15. The Hall–Kier alpha value is -1.27. The number of unbranched alkanes of at least 4 members (excludes halogenated alkanes) is 2. The molecule has 1 aliphatic heterocycles. The van der Waals surface area contributed by atoms with Crippen LogP contribution in [0.2, 0.25) is 0 Å². The van der Waals surface area contributed by atoms with Gasteiger partial charge >= 0.3 is 0 Å². The van der Waals surface area contributed by atoms with Gasteiger partial charge in [-0.05, 0) is 31.2 Å². The summed E-state index contributed by atoms with van der Waals surface area (Å²) in [6.07, 6.45) is 2.71. The molecule has 0 spiro atoms. The van der Waals surface area contributed by atoms with Gasteiger partial charge in [-0.2, -0.15) is 0 Å². The average molecular weight is 313 g/mol. The van der Waals surface area contributed by atoms with Crippen molar-refractivity contribution >= 4 is 9.84 Å². The minimum atomic E-state index is -3.06. The lowest BCUT2D eigenvalue weighted by atomic mass is 10.1. The van der Waals surface area contributed by atoms with E-state index in [1.807, 2.05) is 18.2 Å². The number of sulfone groups is 1. The lowest BCUT2D eigenvalue weighted by Gasteiger charge is -2.17. The first-order chi connectivity index (χ1) is 10.1. The molecule has 1 aliphatic rings. The van der Waals surface area contributed by atoms with E-state index < -0.39 is 9.84 Å². The zero-order chi connectivity index (χ0) is 15.3. The van der Waals surface area contributed by atoms with Gasteiger partial charge in [0.15, 0.2) is 21.3 Å². The number of hydrogen-bond donors (Lipinski definition) is 1. The Balaban J connectivity index is 2.06. The van der Waals surface area contributed by atoms with E-state index in [0.29, 0.717) is 11.5 Å². The molecular weight excluding hydrogens is 290 g/mol. The molecule has 1 aromatic rings. The number of ether oxygens (including phenoxy) is 2. The van der Waals surface area contributed by atoms with Crippen molar-refractivity contribution in [2.45, 2.75) is 32.2 Å². The molecular formula is C15H23NO4S. The molecule has 0 radical (unpaired) electrons. The van der Waals surface area contributed by atoms with E-state index in [2.05, 4.69) is 12.2 Å². The first-order valence-electron chi connectivity index (χ1n) is 7.33. The summed E-state index contributed by atoms with van der Waals surface area (Å²) in [6, 6.07) is 5.33. The van der Waals surface area contributed by atoms with Gasteiger partial charge in [-0.25, -0.2) is 8.42 Å². The number of nitrogens with one attached hydrogen (secondary N) is 1. The third-order valence-electron chi connectivity index (χ3n) is 3.63. The molecule has 0 bridgehead atoms. The maximum Gasteiger partial charge on any atom is 0.231 e. The second-order valence-corrected chi connectivity index (χ2v) is 7.50. The predicted molar refractivity (Wildman–Crippen MR) is 82.5 cm³/mol. The van der Waals surface area contributed by atoms with Crippen molar-refractivity contribution in [2.75, 3.05) is 25.3 Å². The minimum Gasteiger partial charge on any atom is -0.454 e. The summed E-state index contributed by atoms with van der Waals surface area (Å²) in [5.41, 5.74) is 0.904. The Kier molecular flexibility index (Phi) is 5.47. The van der Waals surface area contributed by atoms with E-state index in [0.717, 1.165) is 24.8 Å². The largest absolute Gasteiger partial charge is 0.454 e. The van der Waals surface area contributed by atoms with Gasteiger partial charge in [0, 0.05) is 6.04 Å². The van der Waals surface area contributed by atoms with Crippen LogP contribution >= 0.6 is 0 Å². The number of hydrogen-bond acceptors (Lipinski definition) is 5. The first kappa shape index (κ1) is 16.1. The third-order valence-corrected chi connectivity index (χ3v) is 5.38. The van der Waals surface area contributed by atoms with E-state index in [-0.39, 0.29) is 24.3 Å². The van der Waals surface area contributed by atoms with Crippen LogP contribution < -0.4 is 14.8 Å². The second kappa shape index (κ2) is 7.13. The van der Waals surface area contributed by atoms with Gasteiger partial charge in [0.1, 0.15) is 0 Å². The highest BCUT2D eigenvalue weighted by Gasteiger charge is 2.22. The summed E-state index contributed by atoms with van der Waals surface area (Å²) in [7, 11) is -1.29. The lowest BCUT2D eigenvalue weighted by molar-refractivity contribution is 0.174. The van der Waals surface area contributed by atoms with Crippen molar-refractivity contribution in [3.8, 4) is 11.5 Å². The normalized spacial score (nSPS) is 15.1. The summed E-state index contributed by atoms with van der Waals surface area (Å²) >= 11 is 0. The number of rotatable bonds is 8. The molecule has 118 valence electrons. The zero-order valence-electron chi connectivity index (χ0n) is 12.6. The van der Waals surface area contributed by atoms with Gasteiger partial charge in [0.25, 0.3) is 0 Å². The van der Waals surface area contributed by atoms with Gasteiger partial charge in [0.2, 0.25) is 6.79 Å². The van der Waals surface area contributed by atoms with E-state index in [1.54, 1.807) is 7.05 Å². The van der Waals surface area contributed by atoms with Crippen LogP contribution in [-0.2, 0) is 9.84 Å². The summed E-state index contributed by atoms with van der Waals surface area (Å²) < 4.78 is 35.0. The molecule has 1 unspecified atom stereocenters. The highest BCUT2D eigenvalue weighted by Crippen LogP contribution is 2.34. The fraction of sp³-hybridized carbons (Fsp3) is 0.600. The third kappa shape index (κ3) is 4.35. The molecule has 0 amide bonds. The van der Waals surface area contributed by atoms with E-state index >= 15 is 0 Å². The Morgan fingerprint density at radius 2 is 2.00 bits per heavy atom. The minimum absolute atomic E-state index is 0.104. The van der Waals surface area contributed by atoms with Crippen LogP contribution in [0.3, 0.4) is 0 Å². The monoisotopic (exact) mass is 313 g/mol. The second-order valence-electron chi connectivity index (χ2n) is 5.28. The topological polar surface area (TPSA) is 64.6 Å². The molecule has 1 heterocycles. The maximum absolute atomic E-state index is 12.2. The van der Waals surface area contributed by atoms with E-state index in [4.69, 9.17) is 9.47 Å². The van der Waals surface area contributed by atoms with Crippen LogP contribution in [0.25, 0.3) is 0 Å². The SMILES string of the molecule is CCCCCS(=O)(=O)CC(NC)c1ccc2c(c1)OCO2. The van der Waals surface area contributed by atoms with Crippen molar-refractivity contribution in [1.29, 1.82) is 0 Å².